The number of hydrogen-bond acceptors (Lipinski definition) is 4. The van der Waals surface area contributed by atoms with Crippen LogP contribution >= 0.6 is 15.9 Å². The highest BCUT2D eigenvalue weighted by atomic mass is 79.9. The number of alkyl carbamates (subject to hydrolysis) is 1. The molecule has 2 N–H and O–H groups in total. The molecule has 6 heteroatoms. The molecule has 0 saturated heterocycles. The molecule has 0 saturated carbocycles. The number of nitrogens with zero attached hydrogens (tertiary/aromatic N) is 1. The van der Waals surface area contributed by atoms with E-state index in [1.807, 2.05) is 46.9 Å². The second-order valence-electron chi connectivity index (χ2n) is 6.60. The van der Waals surface area contributed by atoms with Crippen molar-refractivity contribution in [3.05, 3.63) is 28.5 Å². The number of nitrogens with one attached hydrogen (secondary N) is 2. The Labute approximate surface area is 135 Å². The van der Waals surface area contributed by atoms with Crippen LogP contribution in [0.5, 0.6) is 0 Å². The van der Waals surface area contributed by atoms with Crippen LogP contribution in [0.1, 0.15) is 40.2 Å². The van der Waals surface area contributed by atoms with Gasteiger partial charge in [-0.25, -0.2) is 4.79 Å². The maximum atomic E-state index is 11.6. The van der Waals surface area contributed by atoms with E-state index in [-0.39, 0.29) is 5.54 Å². The summed E-state index contributed by atoms with van der Waals surface area (Å²) >= 11 is 3.40. The Hall–Kier alpha value is -1.14. The molecular weight excluding hydrogens is 334 g/mol. The summed E-state index contributed by atoms with van der Waals surface area (Å²) in [5.41, 5.74) is 0.345. The Balaban J connectivity index is 2.41. The smallest absolute Gasteiger partial charge is 0.407 e. The largest absolute Gasteiger partial charge is 0.444 e. The molecule has 0 aliphatic rings. The molecule has 1 heterocycles. The molecule has 1 rings (SSSR count). The zero-order valence-corrected chi connectivity index (χ0v) is 14.9. The summed E-state index contributed by atoms with van der Waals surface area (Å²) in [6.45, 7) is 10.7. The molecule has 5 nitrogen and oxygen atoms in total. The lowest BCUT2D eigenvalue weighted by Gasteiger charge is -2.28. The average Bonchev–Trinajstić information content (AvgIpc) is 2.33. The minimum absolute atomic E-state index is 0.251. The van der Waals surface area contributed by atoms with Crippen LogP contribution in [0.4, 0.5) is 4.79 Å². The van der Waals surface area contributed by atoms with Crippen LogP contribution in [0.2, 0.25) is 0 Å². The fourth-order valence-electron chi connectivity index (χ4n) is 1.56. The van der Waals surface area contributed by atoms with E-state index >= 15 is 0 Å². The zero-order chi connectivity index (χ0) is 16.1. The van der Waals surface area contributed by atoms with Crippen molar-refractivity contribution in [2.24, 2.45) is 0 Å². The van der Waals surface area contributed by atoms with Crippen molar-refractivity contribution in [3.8, 4) is 0 Å². The highest BCUT2D eigenvalue weighted by Gasteiger charge is 2.21. The molecule has 0 bridgehead atoms. The average molecular weight is 358 g/mol. The molecule has 0 aliphatic carbocycles. The van der Waals surface area contributed by atoms with Crippen LogP contribution in [0.25, 0.3) is 0 Å². The van der Waals surface area contributed by atoms with Gasteiger partial charge in [0.05, 0.1) is 0 Å². The van der Waals surface area contributed by atoms with Crippen LogP contribution in [-0.2, 0) is 11.3 Å². The van der Waals surface area contributed by atoms with Crippen LogP contribution in [0, 0.1) is 0 Å². The minimum Gasteiger partial charge on any atom is -0.444 e. The van der Waals surface area contributed by atoms with Gasteiger partial charge < -0.3 is 15.4 Å². The van der Waals surface area contributed by atoms with E-state index in [0.717, 1.165) is 10.0 Å². The number of aromatic nitrogens is 1. The van der Waals surface area contributed by atoms with Gasteiger partial charge in [-0.1, -0.05) is 0 Å². The van der Waals surface area contributed by atoms with Crippen molar-refractivity contribution in [2.75, 3.05) is 6.54 Å². The van der Waals surface area contributed by atoms with Crippen LogP contribution < -0.4 is 10.6 Å². The first kappa shape index (κ1) is 17.9. The van der Waals surface area contributed by atoms with Crippen molar-refractivity contribution in [1.82, 2.24) is 15.6 Å². The predicted molar refractivity (Wildman–Crippen MR) is 87.1 cm³/mol. The summed E-state index contributed by atoms with van der Waals surface area (Å²) < 4.78 is 6.17. The maximum absolute atomic E-state index is 11.6. The van der Waals surface area contributed by atoms with E-state index in [9.17, 15) is 4.79 Å². The normalized spacial score (nSPS) is 12.1. The van der Waals surface area contributed by atoms with Crippen molar-refractivity contribution >= 4 is 22.0 Å². The summed E-state index contributed by atoms with van der Waals surface area (Å²) in [7, 11) is 0. The Kier molecular flexibility index (Phi) is 6.16. The van der Waals surface area contributed by atoms with Crippen LogP contribution in [0.3, 0.4) is 0 Å². The topological polar surface area (TPSA) is 63.2 Å². The van der Waals surface area contributed by atoms with Gasteiger partial charge in [0.15, 0.2) is 0 Å². The molecular formula is C15H24BrN3O2. The number of pyridine rings is 1. The molecule has 0 unspecified atom stereocenters. The summed E-state index contributed by atoms with van der Waals surface area (Å²) in [5.74, 6) is 0. The third kappa shape index (κ3) is 8.02. The second-order valence-corrected chi connectivity index (χ2v) is 7.52. The number of carbonyl (C=O) groups excluding carboxylic acids is 1. The molecule has 1 amide bonds. The second kappa shape index (κ2) is 7.22. The lowest BCUT2D eigenvalue weighted by molar-refractivity contribution is 0.0513. The highest BCUT2D eigenvalue weighted by Crippen LogP contribution is 2.11. The van der Waals surface area contributed by atoms with Gasteiger partial charge in [0, 0.05) is 35.5 Å². The Morgan fingerprint density at radius 2 is 1.95 bits per heavy atom. The maximum Gasteiger partial charge on any atom is 0.407 e. The van der Waals surface area contributed by atoms with Crippen molar-refractivity contribution in [3.63, 3.8) is 0 Å². The zero-order valence-electron chi connectivity index (χ0n) is 13.3. The van der Waals surface area contributed by atoms with Gasteiger partial charge in [-0.05, 0) is 62.2 Å². The molecule has 0 atom stereocenters. The van der Waals surface area contributed by atoms with Crippen molar-refractivity contribution < 1.29 is 9.53 Å². The van der Waals surface area contributed by atoms with Gasteiger partial charge in [0.1, 0.15) is 5.60 Å². The Bertz CT molecular complexity index is 484. The minimum atomic E-state index is -0.483. The van der Waals surface area contributed by atoms with Gasteiger partial charge in [0.25, 0.3) is 0 Å². The summed E-state index contributed by atoms with van der Waals surface area (Å²) in [5, 5.41) is 6.17. The number of amides is 1. The monoisotopic (exact) mass is 357 g/mol. The van der Waals surface area contributed by atoms with Crippen LogP contribution in [0.15, 0.2) is 22.9 Å². The lowest BCUT2D eigenvalue weighted by Crippen LogP contribution is -2.49. The lowest BCUT2D eigenvalue weighted by atomic mass is 10.1. The van der Waals surface area contributed by atoms with E-state index in [1.165, 1.54) is 0 Å². The standard InChI is InChI=1S/C15H24BrN3O2/c1-14(2,3)21-13(20)18-10-15(4,5)19-8-11-6-12(16)9-17-7-11/h6-7,9,19H,8,10H2,1-5H3,(H,18,20). The molecule has 1 aromatic heterocycles. The first-order valence-electron chi connectivity index (χ1n) is 6.89. The summed E-state index contributed by atoms with van der Waals surface area (Å²) in [6.07, 6.45) is 3.16. The number of halogens is 1. The number of carbonyl (C=O) groups is 1. The number of hydrogen-bond donors (Lipinski definition) is 2. The van der Waals surface area contributed by atoms with Gasteiger partial charge in [-0.15, -0.1) is 0 Å². The molecule has 21 heavy (non-hydrogen) atoms. The molecule has 0 radical (unpaired) electrons. The molecule has 1 aromatic rings. The third-order valence-corrected chi connectivity index (χ3v) is 3.04. The first-order valence-corrected chi connectivity index (χ1v) is 7.68. The van der Waals surface area contributed by atoms with E-state index in [1.54, 1.807) is 6.20 Å². The van der Waals surface area contributed by atoms with Crippen LogP contribution in [-0.4, -0.2) is 28.8 Å². The number of ether oxygens (including phenoxy) is 1. The summed E-state index contributed by atoms with van der Waals surface area (Å²) in [6, 6.07) is 2.01. The van der Waals surface area contributed by atoms with Gasteiger partial charge in [0.2, 0.25) is 0 Å². The van der Waals surface area contributed by atoms with Gasteiger partial charge in [-0.2, -0.15) is 0 Å². The van der Waals surface area contributed by atoms with Gasteiger partial charge >= 0.3 is 6.09 Å². The fourth-order valence-corrected chi connectivity index (χ4v) is 1.98. The molecule has 0 fully saturated rings. The highest BCUT2D eigenvalue weighted by molar-refractivity contribution is 9.10. The molecule has 118 valence electrons. The van der Waals surface area contributed by atoms with E-state index in [0.29, 0.717) is 13.1 Å². The Morgan fingerprint density at radius 3 is 2.52 bits per heavy atom. The van der Waals surface area contributed by atoms with E-state index in [4.69, 9.17) is 4.74 Å². The molecule has 0 aromatic carbocycles. The SMILES string of the molecule is CC(C)(CNC(=O)OC(C)(C)C)NCc1cncc(Br)c1. The van der Waals surface area contributed by atoms with E-state index < -0.39 is 11.7 Å². The molecule has 0 aliphatic heterocycles. The van der Waals surface area contributed by atoms with Gasteiger partial charge in [-0.3, -0.25) is 4.98 Å². The third-order valence-electron chi connectivity index (χ3n) is 2.61. The first-order chi connectivity index (χ1) is 9.57. The quantitative estimate of drug-likeness (QED) is 0.848. The summed E-state index contributed by atoms with van der Waals surface area (Å²) in [4.78, 5) is 15.8. The van der Waals surface area contributed by atoms with E-state index in [2.05, 4.69) is 31.5 Å². The Morgan fingerprint density at radius 1 is 1.29 bits per heavy atom. The van der Waals surface area contributed by atoms with Crippen molar-refractivity contribution in [2.45, 2.75) is 52.3 Å². The molecule has 0 spiro atoms. The van der Waals surface area contributed by atoms with Crippen molar-refractivity contribution in [1.29, 1.82) is 0 Å². The number of rotatable bonds is 5. The predicted octanol–water partition coefficient (Wildman–Crippen LogP) is 3.24. The fraction of sp³-hybridized carbons (Fsp3) is 0.600.